The van der Waals surface area contributed by atoms with Crippen LogP contribution in [0.4, 0.5) is 5.13 Å². The first-order valence-electron chi connectivity index (χ1n) is 12.1. The highest BCUT2D eigenvalue weighted by Gasteiger charge is 2.27. The zero-order valence-corrected chi connectivity index (χ0v) is 22.3. The number of pyridine rings is 1. The van der Waals surface area contributed by atoms with Crippen LogP contribution in [-0.4, -0.2) is 54.9 Å². The van der Waals surface area contributed by atoms with E-state index in [2.05, 4.69) is 4.98 Å². The van der Waals surface area contributed by atoms with E-state index in [9.17, 15) is 13.2 Å². The lowest BCUT2D eigenvalue weighted by Gasteiger charge is -2.21. The van der Waals surface area contributed by atoms with Crippen LogP contribution in [0.15, 0.2) is 71.8 Å². The number of ether oxygens (including phenoxy) is 1. The Kier molecular flexibility index (Phi) is 7.34. The number of nitrogens with zero attached hydrogens (tertiary/aromatic N) is 4. The second kappa shape index (κ2) is 10.7. The number of benzene rings is 2. The molecule has 1 fully saturated rings. The van der Waals surface area contributed by atoms with Crippen LogP contribution in [0.5, 0.6) is 0 Å². The van der Waals surface area contributed by atoms with Crippen molar-refractivity contribution in [3.8, 4) is 0 Å². The van der Waals surface area contributed by atoms with Crippen molar-refractivity contribution in [1.29, 1.82) is 0 Å². The van der Waals surface area contributed by atoms with Crippen LogP contribution >= 0.6 is 11.3 Å². The second-order valence-electron chi connectivity index (χ2n) is 9.08. The fourth-order valence-corrected chi connectivity index (χ4v) is 6.59. The van der Waals surface area contributed by atoms with Gasteiger partial charge in [-0.25, -0.2) is 13.4 Å². The summed E-state index contributed by atoms with van der Waals surface area (Å²) in [5, 5.41) is 0.563. The SMILES string of the molecule is Cc1cccc2sc(N(Cc3ccccn3)C(=O)c3ccc(S(=O)(=O)N(C)CC4CCCO4)cc3)nc12. The summed E-state index contributed by atoms with van der Waals surface area (Å²) in [6.07, 6.45) is 3.40. The third-order valence-corrected chi connectivity index (χ3v) is 9.31. The normalized spacial score (nSPS) is 15.9. The number of hydrogen-bond acceptors (Lipinski definition) is 7. The molecule has 0 saturated carbocycles. The van der Waals surface area contributed by atoms with E-state index < -0.39 is 10.0 Å². The minimum absolute atomic E-state index is 0.0850. The quantitative estimate of drug-likeness (QED) is 0.326. The van der Waals surface area contributed by atoms with Gasteiger partial charge in [-0.3, -0.25) is 14.7 Å². The van der Waals surface area contributed by atoms with Crippen molar-refractivity contribution in [2.45, 2.75) is 37.3 Å². The Morgan fingerprint density at radius 1 is 1.11 bits per heavy atom. The van der Waals surface area contributed by atoms with E-state index in [0.29, 0.717) is 23.8 Å². The predicted molar refractivity (Wildman–Crippen MR) is 144 cm³/mol. The number of fused-ring (bicyclic) bond motifs is 1. The average molecular weight is 537 g/mol. The van der Waals surface area contributed by atoms with Gasteiger partial charge in [0.25, 0.3) is 5.91 Å². The number of thiazole rings is 1. The summed E-state index contributed by atoms with van der Waals surface area (Å²) in [6, 6.07) is 17.6. The van der Waals surface area contributed by atoms with Crippen molar-refractivity contribution >= 4 is 42.6 Å². The molecule has 4 aromatic rings. The molecule has 1 aliphatic rings. The molecule has 0 aliphatic carbocycles. The highest BCUT2D eigenvalue weighted by atomic mass is 32.2. The van der Waals surface area contributed by atoms with Crippen molar-refractivity contribution in [1.82, 2.24) is 14.3 Å². The van der Waals surface area contributed by atoms with Gasteiger partial charge in [-0.2, -0.15) is 4.31 Å². The van der Waals surface area contributed by atoms with E-state index >= 15 is 0 Å². The van der Waals surface area contributed by atoms with Crippen molar-refractivity contribution < 1.29 is 17.9 Å². The van der Waals surface area contributed by atoms with Crippen LogP contribution in [0.1, 0.15) is 34.5 Å². The molecule has 1 amide bonds. The Morgan fingerprint density at radius 2 is 1.92 bits per heavy atom. The van der Waals surface area contributed by atoms with Gasteiger partial charge in [0.1, 0.15) is 0 Å². The van der Waals surface area contributed by atoms with Gasteiger partial charge in [-0.15, -0.1) is 0 Å². The number of sulfonamides is 1. The third kappa shape index (κ3) is 5.42. The summed E-state index contributed by atoms with van der Waals surface area (Å²) in [6.45, 7) is 3.20. The molecule has 1 saturated heterocycles. The molecule has 0 radical (unpaired) electrons. The minimum Gasteiger partial charge on any atom is -0.377 e. The van der Waals surface area contributed by atoms with Gasteiger partial charge in [0.05, 0.1) is 33.5 Å². The van der Waals surface area contributed by atoms with Gasteiger partial charge >= 0.3 is 0 Å². The van der Waals surface area contributed by atoms with Crippen LogP contribution in [-0.2, 0) is 21.3 Å². The Labute approximate surface area is 220 Å². The molecule has 10 heteroatoms. The second-order valence-corrected chi connectivity index (χ2v) is 12.1. The smallest absolute Gasteiger partial charge is 0.260 e. The van der Waals surface area contributed by atoms with E-state index in [1.165, 1.54) is 27.8 Å². The number of carbonyl (C=O) groups is 1. The summed E-state index contributed by atoms with van der Waals surface area (Å²) in [5.41, 5.74) is 2.98. The first kappa shape index (κ1) is 25.5. The van der Waals surface area contributed by atoms with Crippen molar-refractivity contribution in [2.24, 2.45) is 0 Å². The molecule has 1 unspecified atom stereocenters. The van der Waals surface area contributed by atoms with Gasteiger partial charge in [0, 0.05) is 32.0 Å². The lowest BCUT2D eigenvalue weighted by molar-refractivity contribution is 0.0978. The summed E-state index contributed by atoms with van der Waals surface area (Å²) >= 11 is 1.44. The number of anilines is 1. The van der Waals surface area contributed by atoms with Crippen LogP contribution < -0.4 is 4.90 Å². The zero-order chi connectivity index (χ0) is 26.0. The van der Waals surface area contributed by atoms with E-state index in [4.69, 9.17) is 9.72 Å². The molecule has 8 nitrogen and oxygen atoms in total. The van der Waals surface area contributed by atoms with E-state index in [1.807, 2.05) is 43.3 Å². The average Bonchev–Trinajstić information content (AvgIpc) is 3.58. The Hall–Kier alpha value is -3.18. The first-order chi connectivity index (χ1) is 17.8. The molecule has 0 bridgehead atoms. The maximum Gasteiger partial charge on any atom is 0.260 e. The molecule has 37 heavy (non-hydrogen) atoms. The number of para-hydroxylation sites is 1. The maximum absolute atomic E-state index is 13.7. The fourth-order valence-electron chi connectivity index (χ4n) is 4.35. The van der Waals surface area contributed by atoms with Gasteiger partial charge in [-0.05, 0) is 67.8 Å². The highest BCUT2D eigenvalue weighted by Crippen LogP contribution is 2.32. The monoisotopic (exact) mass is 536 g/mol. The number of aromatic nitrogens is 2. The van der Waals surface area contributed by atoms with Gasteiger partial charge in [0.15, 0.2) is 5.13 Å². The molecule has 1 aliphatic heterocycles. The molecule has 2 aromatic carbocycles. The number of rotatable bonds is 8. The van der Waals surface area contributed by atoms with Crippen LogP contribution in [0.2, 0.25) is 0 Å². The lowest BCUT2D eigenvalue weighted by atomic mass is 10.2. The molecule has 2 aromatic heterocycles. The molecular formula is C27H28N4O4S2. The van der Waals surface area contributed by atoms with Gasteiger partial charge < -0.3 is 4.74 Å². The van der Waals surface area contributed by atoms with E-state index in [1.54, 1.807) is 30.3 Å². The highest BCUT2D eigenvalue weighted by molar-refractivity contribution is 7.89. The van der Waals surface area contributed by atoms with Crippen molar-refractivity contribution in [2.75, 3.05) is 25.1 Å². The fraction of sp³-hybridized carbons (Fsp3) is 0.296. The van der Waals surface area contributed by atoms with Gasteiger partial charge in [-0.1, -0.05) is 29.5 Å². The molecule has 0 N–H and O–H groups in total. The van der Waals surface area contributed by atoms with Crippen LogP contribution in [0.25, 0.3) is 10.2 Å². The van der Waals surface area contributed by atoms with Crippen LogP contribution in [0, 0.1) is 6.92 Å². The lowest BCUT2D eigenvalue weighted by Crippen LogP contribution is -2.34. The molecule has 3 heterocycles. The van der Waals surface area contributed by atoms with Crippen molar-refractivity contribution in [3.05, 3.63) is 83.7 Å². The topological polar surface area (TPSA) is 92.7 Å². The van der Waals surface area contributed by atoms with E-state index in [-0.39, 0.29) is 23.5 Å². The number of likely N-dealkylation sites (N-methyl/N-ethyl adjacent to an activating group) is 1. The number of hydrogen-bond donors (Lipinski definition) is 0. The van der Waals surface area contributed by atoms with Crippen molar-refractivity contribution in [3.63, 3.8) is 0 Å². The third-order valence-electron chi connectivity index (χ3n) is 6.43. The van der Waals surface area contributed by atoms with Crippen LogP contribution in [0.3, 0.4) is 0 Å². The van der Waals surface area contributed by atoms with Gasteiger partial charge in [0.2, 0.25) is 10.0 Å². The summed E-state index contributed by atoms with van der Waals surface area (Å²) in [4.78, 5) is 24.6. The molecule has 192 valence electrons. The number of amides is 1. The Morgan fingerprint density at radius 3 is 2.59 bits per heavy atom. The molecule has 5 rings (SSSR count). The number of carbonyl (C=O) groups excluding carboxylic acids is 1. The summed E-state index contributed by atoms with van der Waals surface area (Å²) in [5.74, 6) is -0.279. The number of aryl methyl sites for hydroxylation is 1. The zero-order valence-electron chi connectivity index (χ0n) is 20.7. The summed E-state index contributed by atoms with van der Waals surface area (Å²) in [7, 11) is -2.15. The largest absolute Gasteiger partial charge is 0.377 e. The Balaban J connectivity index is 1.43. The first-order valence-corrected chi connectivity index (χ1v) is 14.3. The standard InChI is InChI=1S/C27H28N4O4S2/c1-19-7-5-10-24-25(19)29-27(36-24)31(17-21-8-3-4-15-28-21)26(32)20-11-13-23(14-12-20)37(33,34)30(2)18-22-9-6-16-35-22/h3-5,7-8,10-15,22H,6,9,16-18H2,1-2H3. The molecule has 0 spiro atoms. The molecule has 1 atom stereocenters. The van der Waals surface area contributed by atoms with E-state index in [0.717, 1.165) is 34.3 Å². The summed E-state index contributed by atoms with van der Waals surface area (Å²) < 4.78 is 34.1. The maximum atomic E-state index is 13.7. The molecular weight excluding hydrogens is 508 g/mol. The minimum atomic E-state index is -3.70. The Bertz CT molecular complexity index is 1500. The predicted octanol–water partition coefficient (Wildman–Crippen LogP) is 4.65.